The van der Waals surface area contributed by atoms with Crippen LogP contribution >= 0.6 is 0 Å². The third kappa shape index (κ3) is 5.58. The van der Waals surface area contributed by atoms with Gasteiger partial charge in [-0.25, -0.2) is 4.79 Å². The number of benzene rings is 1. The molecule has 1 N–H and O–H groups in total. The normalized spacial score (nSPS) is 14.5. The molecule has 1 aliphatic rings. The Hall–Kier alpha value is -2.37. The Morgan fingerprint density at radius 2 is 1.85 bits per heavy atom. The van der Waals surface area contributed by atoms with Gasteiger partial charge in [0.1, 0.15) is 0 Å². The van der Waals surface area contributed by atoms with E-state index in [0.29, 0.717) is 17.8 Å². The van der Waals surface area contributed by atoms with Crippen LogP contribution in [0, 0.1) is 0 Å². The van der Waals surface area contributed by atoms with Crippen LogP contribution in [-0.4, -0.2) is 41.9 Å². The number of nitrogens with zero attached hydrogens (tertiary/aromatic N) is 1. The van der Waals surface area contributed by atoms with Gasteiger partial charge in [-0.1, -0.05) is 31.4 Å². The summed E-state index contributed by atoms with van der Waals surface area (Å²) < 4.78 is 5.02. The fourth-order valence-electron chi connectivity index (χ4n) is 3.40. The molecule has 1 fully saturated rings. The van der Waals surface area contributed by atoms with Crippen molar-refractivity contribution < 1.29 is 19.1 Å². The number of carbonyl (C=O) groups excluding carboxylic acids is 3. The van der Waals surface area contributed by atoms with Gasteiger partial charge in [-0.05, 0) is 31.9 Å². The van der Waals surface area contributed by atoms with Crippen LogP contribution in [0.4, 0.5) is 5.69 Å². The van der Waals surface area contributed by atoms with E-state index in [1.54, 1.807) is 38.1 Å². The summed E-state index contributed by atoms with van der Waals surface area (Å²) in [6, 6.07) is 7.01. The second-order valence-corrected chi connectivity index (χ2v) is 6.57. The minimum Gasteiger partial charge on any atom is -0.462 e. The number of hydrogen-bond donors (Lipinski definition) is 1. The lowest BCUT2D eigenvalue weighted by Gasteiger charge is -2.33. The molecule has 0 aliphatic heterocycles. The smallest absolute Gasteiger partial charge is 0.340 e. The number of hydrogen-bond acceptors (Lipinski definition) is 4. The molecule has 1 aliphatic carbocycles. The molecule has 0 radical (unpaired) electrons. The highest BCUT2D eigenvalue weighted by molar-refractivity contribution is 6.01. The van der Waals surface area contributed by atoms with Gasteiger partial charge in [0.2, 0.25) is 11.8 Å². The Kier molecular flexibility index (Phi) is 7.63. The summed E-state index contributed by atoms with van der Waals surface area (Å²) >= 11 is 0. The van der Waals surface area contributed by atoms with Gasteiger partial charge < -0.3 is 15.0 Å². The van der Waals surface area contributed by atoms with Gasteiger partial charge in [-0.3, -0.25) is 9.59 Å². The van der Waals surface area contributed by atoms with Crippen molar-refractivity contribution in [2.45, 2.75) is 58.4 Å². The van der Waals surface area contributed by atoms with Gasteiger partial charge in [0.25, 0.3) is 0 Å². The first-order valence-corrected chi connectivity index (χ1v) is 9.36. The summed E-state index contributed by atoms with van der Waals surface area (Å²) in [5, 5.41) is 2.77. The van der Waals surface area contributed by atoms with E-state index in [0.717, 1.165) is 25.7 Å². The number of amides is 2. The lowest BCUT2D eigenvalue weighted by atomic mass is 9.94. The molecule has 2 rings (SSSR count). The van der Waals surface area contributed by atoms with Crippen LogP contribution in [0.3, 0.4) is 0 Å². The summed E-state index contributed by atoms with van der Waals surface area (Å²) in [5.41, 5.74) is 0.765. The standard InChI is InChI=1S/C20H28N2O4/c1-3-26-20(25)17-11-7-8-12-18(17)21-19(24)13-14-22(15(2)23)16-9-5-4-6-10-16/h7-8,11-12,16H,3-6,9-10,13-14H2,1-2H3,(H,21,24). The Morgan fingerprint density at radius 3 is 2.50 bits per heavy atom. The maximum absolute atomic E-state index is 12.4. The van der Waals surface area contributed by atoms with Crippen LogP contribution < -0.4 is 5.32 Å². The van der Waals surface area contributed by atoms with Gasteiger partial charge in [-0.2, -0.15) is 0 Å². The van der Waals surface area contributed by atoms with E-state index in [1.165, 1.54) is 6.42 Å². The summed E-state index contributed by atoms with van der Waals surface area (Å²) in [5.74, 6) is -0.670. The van der Waals surface area contributed by atoms with Gasteiger partial charge in [0.15, 0.2) is 0 Å². The number of para-hydroxylation sites is 1. The molecule has 26 heavy (non-hydrogen) atoms. The molecule has 1 aromatic rings. The maximum Gasteiger partial charge on any atom is 0.340 e. The number of carbonyl (C=O) groups is 3. The molecule has 0 saturated heterocycles. The summed E-state index contributed by atoms with van der Waals surface area (Å²) in [6.45, 7) is 3.97. The Balaban J connectivity index is 1.95. The molecule has 142 valence electrons. The van der Waals surface area contributed by atoms with Crippen LogP contribution in [0.2, 0.25) is 0 Å². The third-order valence-corrected chi connectivity index (χ3v) is 4.70. The van der Waals surface area contributed by atoms with Gasteiger partial charge in [0.05, 0.1) is 17.9 Å². The average Bonchev–Trinajstić information content (AvgIpc) is 2.63. The molecule has 0 bridgehead atoms. The van der Waals surface area contributed by atoms with Crippen molar-refractivity contribution in [2.75, 3.05) is 18.5 Å². The van der Waals surface area contributed by atoms with E-state index in [9.17, 15) is 14.4 Å². The largest absolute Gasteiger partial charge is 0.462 e. The van der Waals surface area contributed by atoms with E-state index in [-0.39, 0.29) is 30.9 Å². The molecule has 0 atom stereocenters. The molecule has 0 spiro atoms. The Bertz CT molecular complexity index is 638. The first kappa shape index (κ1) is 19.9. The highest BCUT2D eigenvalue weighted by Crippen LogP contribution is 2.23. The quantitative estimate of drug-likeness (QED) is 0.757. The molecule has 2 amide bonds. The predicted molar refractivity (Wildman–Crippen MR) is 99.9 cm³/mol. The molecular formula is C20H28N2O4. The predicted octanol–water partition coefficient (Wildman–Crippen LogP) is 3.37. The zero-order valence-corrected chi connectivity index (χ0v) is 15.6. The van der Waals surface area contributed by atoms with Crippen molar-refractivity contribution in [1.29, 1.82) is 0 Å². The topological polar surface area (TPSA) is 75.7 Å². The van der Waals surface area contributed by atoms with E-state index in [2.05, 4.69) is 5.32 Å². The molecule has 0 unspecified atom stereocenters. The monoisotopic (exact) mass is 360 g/mol. The fraction of sp³-hybridized carbons (Fsp3) is 0.550. The van der Waals surface area contributed by atoms with Crippen LogP contribution in [0.5, 0.6) is 0 Å². The Morgan fingerprint density at radius 1 is 1.15 bits per heavy atom. The molecule has 0 heterocycles. The van der Waals surface area contributed by atoms with Crippen LogP contribution in [0.25, 0.3) is 0 Å². The molecule has 0 aromatic heterocycles. The average molecular weight is 360 g/mol. The molecular weight excluding hydrogens is 332 g/mol. The second-order valence-electron chi connectivity index (χ2n) is 6.57. The number of anilines is 1. The van der Waals surface area contributed by atoms with E-state index in [1.807, 2.05) is 4.90 Å². The van der Waals surface area contributed by atoms with Crippen molar-refractivity contribution in [3.63, 3.8) is 0 Å². The summed E-state index contributed by atoms with van der Waals surface area (Å²) in [4.78, 5) is 38.1. The minimum absolute atomic E-state index is 0.0108. The Labute approximate surface area is 154 Å². The fourth-order valence-corrected chi connectivity index (χ4v) is 3.40. The zero-order valence-electron chi connectivity index (χ0n) is 15.6. The highest BCUT2D eigenvalue weighted by Gasteiger charge is 2.23. The van der Waals surface area contributed by atoms with Gasteiger partial charge in [0, 0.05) is 25.9 Å². The molecule has 6 heteroatoms. The zero-order chi connectivity index (χ0) is 18.9. The third-order valence-electron chi connectivity index (χ3n) is 4.70. The second kappa shape index (κ2) is 9.94. The first-order chi connectivity index (χ1) is 12.5. The minimum atomic E-state index is -0.462. The van der Waals surface area contributed by atoms with Crippen molar-refractivity contribution in [3.05, 3.63) is 29.8 Å². The van der Waals surface area contributed by atoms with Crippen LogP contribution in [0.1, 0.15) is 62.7 Å². The van der Waals surface area contributed by atoms with Crippen LogP contribution in [0.15, 0.2) is 24.3 Å². The lowest BCUT2D eigenvalue weighted by molar-refractivity contribution is -0.132. The number of ether oxygens (including phenoxy) is 1. The molecule has 1 aromatic carbocycles. The van der Waals surface area contributed by atoms with Crippen molar-refractivity contribution in [3.8, 4) is 0 Å². The number of nitrogens with one attached hydrogen (secondary N) is 1. The first-order valence-electron chi connectivity index (χ1n) is 9.36. The van der Waals surface area contributed by atoms with E-state index in [4.69, 9.17) is 4.74 Å². The number of esters is 1. The van der Waals surface area contributed by atoms with Crippen molar-refractivity contribution in [2.24, 2.45) is 0 Å². The summed E-state index contributed by atoms with van der Waals surface area (Å²) in [7, 11) is 0. The van der Waals surface area contributed by atoms with Crippen molar-refractivity contribution in [1.82, 2.24) is 4.90 Å². The van der Waals surface area contributed by atoms with Crippen molar-refractivity contribution >= 4 is 23.5 Å². The number of rotatable bonds is 7. The molecule has 1 saturated carbocycles. The van der Waals surface area contributed by atoms with Gasteiger partial charge in [-0.15, -0.1) is 0 Å². The highest BCUT2D eigenvalue weighted by atomic mass is 16.5. The summed E-state index contributed by atoms with van der Waals surface area (Å²) in [6.07, 6.45) is 5.70. The molecule has 6 nitrogen and oxygen atoms in total. The SMILES string of the molecule is CCOC(=O)c1ccccc1NC(=O)CCN(C(C)=O)C1CCCCC1. The van der Waals surface area contributed by atoms with Crippen LogP contribution in [-0.2, 0) is 14.3 Å². The maximum atomic E-state index is 12.4. The lowest BCUT2D eigenvalue weighted by Crippen LogP contribution is -2.41. The van der Waals surface area contributed by atoms with Gasteiger partial charge >= 0.3 is 5.97 Å². The van der Waals surface area contributed by atoms with E-state index >= 15 is 0 Å². The van der Waals surface area contributed by atoms with E-state index < -0.39 is 5.97 Å².